The Labute approximate surface area is 159 Å². The summed E-state index contributed by atoms with van der Waals surface area (Å²) in [4.78, 5) is 23.3. The molecule has 3 unspecified atom stereocenters. The zero-order valence-corrected chi connectivity index (χ0v) is 17.0. The van der Waals surface area contributed by atoms with E-state index in [4.69, 9.17) is 0 Å². The first-order valence-corrected chi connectivity index (χ1v) is 11.8. The number of carboxylic acid groups (broad SMARTS) is 1. The number of hydrogen-bond donors (Lipinski definition) is 2. The quantitative estimate of drug-likeness (QED) is 0.412. The zero-order valence-electron chi connectivity index (χ0n) is 15.3. The summed E-state index contributed by atoms with van der Waals surface area (Å²) >= 11 is 1.41. The molecule has 0 amide bonds. The lowest BCUT2D eigenvalue weighted by atomic mass is 9.79. The third-order valence-electron chi connectivity index (χ3n) is 5.05. The van der Waals surface area contributed by atoms with E-state index in [1.165, 1.54) is 11.3 Å². The van der Waals surface area contributed by atoms with Gasteiger partial charge in [-0.05, 0) is 41.3 Å². The highest BCUT2D eigenvalue weighted by molar-refractivity contribution is 7.58. The van der Waals surface area contributed by atoms with Gasteiger partial charge in [-0.2, -0.15) is 11.3 Å². The van der Waals surface area contributed by atoms with Crippen molar-refractivity contribution < 1.29 is 19.4 Å². The van der Waals surface area contributed by atoms with Gasteiger partial charge in [-0.25, -0.2) is 0 Å². The molecule has 2 rings (SSSR count). The predicted octanol–water partition coefficient (Wildman–Crippen LogP) is 5.51. The maximum absolute atomic E-state index is 13.4. The normalized spacial score (nSPS) is 17.2. The topological polar surface area (TPSA) is 74.6 Å². The number of rotatable bonds is 10. The van der Waals surface area contributed by atoms with E-state index < -0.39 is 24.4 Å². The van der Waals surface area contributed by atoms with Gasteiger partial charge in [0.15, 0.2) is 0 Å². The van der Waals surface area contributed by atoms with E-state index in [1.54, 1.807) is 18.4 Å². The number of carboxylic acids is 1. The van der Waals surface area contributed by atoms with Crippen molar-refractivity contribution >= 4 is 24.7 Å². The standard InChI is InChI=1S/C20H27O4PS/c1-3-4-6-11-18(20(2,19(21)22)17-12-13-26-15-17)25(23,24)14-16-9-7-5-8-10-16/h5,7-10,12-13,15,18H,3-4,6,11,14H2,1-2H3,(H,21,22)(H,23,24). The van der Waals surface area contributed by atoms with Crippen molar-refractivity contribution in [3.63, 3.8) is 0 Å². The van der Waals surface area contributed by atoms with Crippen LogP contribution in [0.3, 0.4) is 0 Å². The van der Waals surface area contributed by atoms with Crippen molar-refractivity contribution in [1.82, 2.24) is 0 Å². The number of thiophene rings is 1. The molecule has 0 aliphatic carbocycles. The van der Waals surface area contributed by atoms with Gasteiger partial charge >= 0.3 is 5.97 Å². The molecule has 0 spiro atoms. The summed E-state index contributed by atoms with van der Waals surface area (Å²) in [7, 11) is -3.76. The fraction of sp³-hybridized carbons (Fsp3) is 0.450. The van der Waals surface area contributed by atoms with Gasteiger partial charge < -0.3 is 10.00 Å². The molecule has 1 aromatic heterocycles. The first kappa shape index (κ1) is 20.9. The van der Waals surface area contributed by atoms with Crippen LogP contribution < -0.4 is 0 Å². The van der Waals surface area contributed by atoms with Crippen LogP contribution in [0.15, 0.2) is 47.2 Å². The fourth-order valence-corrected chi connectivity index (χ4v) is 6.84. The highest BCUT2D eigenvalue weighted by Crippen LogP contribution is 2.58. The van der Waals surface area contributed by atoms with Gasteiger partial charge in [0.05, 0.1) is 5.66 Å². The van der Waals surface area contributed by atoms with Crippen LogP contribution in [0.2, 0.25) is 0 Å². The molecule has 0 radical (unpaired) electrons. The molecule has 0 aliphatic rings. The smallest absolute Gasteiger partial charge is 0.314 e. The summed E-state index contributed by atoms with van der Waals surface area (Å²) in [6.45, 7) is 3.66. The Morgan fingerprint density at radius 1 is 1.23 bits per heavy atom. The van der Waals surface area contributed by atoms with Crippen LogP contribution >= 0.6 is 18.7 Å². The number of benzene rings is 1. The van der Waals surface area contributed by atoms with E-state index >= 15 is 0 Å². The van der Waals surface area contributed by atoms with Crippen molar-refractivity contribution in [3.8, 4) is 0 Å². The minimum atomic E-state index is -3.76. The summed E-state index contributed by atoms with van der Waals surface area (Å²) in [6, 6.07) is 10.9. The third-order valence-corrected chi connectivity index (χ3v) is 8.30. The number of carbonyl (C=O) groups is 1. The van der Waals surface area contributed by atoms with Crippen LogP contribution in [0, 0.1) is 0 Å². The molecule has 4 nitrogen and oxygen atoms in total. The molecule has 3 atom stereocenters. The first-order valence-electron chi connectivity index (χ1n) is 8.94. The van der Waals surface area contributed by atoms with Gasteiger partial charge in [0, 0.05) is 6.16 Å². The molecule has 0 saturated carbocycles. The molecule has 1 aromatic carbocycles. The molecule has 142 valence electrons. The maximum Gasteiger partial charge on any atom is 0.314 e. The molecule has 0 fully saturated rings. The Kier molecular flexibility index (Phi) is 7.22. The highest BCUT2D eigenvalue weighted by Gasteiger charge is 2.51. The molecular formula is C20H27O4PS. The Morgan fingerprint density at radius 2 is 1.92 bits per heavy atom. The second-order valence-corrected chi connectivity index (χ2v) is 10.2. The molecule has 0 bridgehead atoms. The maximum atomic E-state index is 13.4. The summed E-state index contributed by atoms with van der Waals surface area (Å²) in [5.41, 5.74) is -0.836. The average molecular weight is 394 g/mol. The summed E-state index contributed by atoms with van der Waals surface area (Å²) in [5, 5.41) is 13.6. The molecule has 1 heterocycles. The van der Waals surface area contributed by atoms with Gasteiger partial charge in [0.25, 0.3) is 0 Å². The average Bonchev–Trinajstić information content (AvgIpc) is 3.13. The molecule has 26 heavy (non-hydrogen) atoms. The number of hydrogen-bond acceptors (Lipinski definition) is 3. The Hall–Kier alpha value is -1.42. The lowest BCUT2D eigenvalue weighted by Crippen LogP contribution is -2.44. The van der Waals surface area contributed by atoms with Crippen molar-refractivity contribution in [3.05, 3.63) is 58.3 Å². The molecule has 0 aliphatic heterocycles. The minimum Gasteiger partial charge on any atom is -0.481 e. The Balaban J connectivity index is 2.43. The van der Waals surface area contributed by atoms with Gasteiger partial charge in [-0.1, -0.05) is 56.5 Å². The van der Waals surface area contributed by atoms with Gasteiger partial charge in [-0.3, -0.25) is 9.36 Å². The van der Waals surface area contributed by atoms with Crippen molar-refractivity contribution in [2.24, 2.45) is 0 Å². The van der Waals surface area contributed by atoms with Crippen LogP contribution in [0.25, 0.3) is 0 Å². The molecular weight excluding hydrogens is 367 g/mol. The van der Waals surface area contributed by atoms with Crippen molar-refractivity contribution in [2.45, 2.75) is 56.8 Å². The third kappa shape index (κ3) is 4.64. The van der Waals surface area contributed by atoms with Crippen LogP contribution in [0.4, 0.5) is 0 Å². The zero-order chi connectivity index (χ0) is 19.2. The van der Waals surface area contributed by atoms with E-state index in [-0.39, 0.29) is 6.16 Å². The molecule has 2 N–H and O–H groups in total. The SMILES string of the molecule is CCCCCC(C(C)(C(=O)O)c1ccsc1)P(=O)(O)Cc1ccccc1. The minimum absolute atomic E-state index is 0.00234. The molecule has 0 saturated heterocycles. The van der Waals surface area contributed by atoms with Gasteiger partial charge in [0.1, 0.15) is 5.41 Å². The molecule has 6 heteroatoms. The van der Waals surface area contributed by atoms with E-state index in [0.29, 0.717) is 12.0 Å². The van der Waals surface area contributed by atoms with Gasteiger partial charge in [0.2, 0.25) is 7.37 Å². The van der Waals surface area contributed by atoms with Crippen LogP contribution in [0.5, 0.6) is 0 Å². The van der Waals surface area contributed by atoms with Crippen LogP contribution in [-0.2, 0) is 20.9 Å². The largest absolute Gasteiger partial charge is 0.481 e. The highest BCUT2D eigenvalue weighted by atomic mass is 32.1. The Bertz CT molecular complexity index is 744. The van der Waals surface area contributed by atoms with E-state index in [9.17, 15) is 19.4 Å². The number of unbranched alkanes of at least 4 members (excludes halogenated alkanes) is 2. The van der Waals surface area contributed by atoms with E-state index in [1.807, 2.05) is 35.7 Å². The van der Waals surface area contributed by atoms with Gasteiger partial charge in [-0.15, -0.1) is 0 Å². The second kappa shape index (κ2) is 8.98. The van der Waals surface area contributed by atoms with Crippen molar-refractivity contribution in [2.75, 3.05) is 0 Å². The van der Waals surface area contributed by atoms with Crippen LogP contribution in [-0.4, -0.2) is 21.6 Å². The van der Waals surface area contributed by atoms with E-state index in [2.05, 4.69) is 6.92 Å². The second-order valence-electron chi connectivity index (χ2n) is 6.93. The lowest BCUT2D eigenvalue weighted by Gasteiger charge is -2.36. The summed E-state index contributed by atoms with van der Waals surface area (Å²) < 4.78 is 13.4. The predicted molar refractivity (Wildman–Crippen MR) is 107 cm³/mol. The summed E-state index contributed by atoms with van der Waals surface area (Å²) in [5.74, 6) is -1.04. The Morgan fingerprint density at radius 3 is 2.46 bits per heavy atom. The van der Waals surface area contributed by atoms with E-state index in [0.717, 1.165) is 24.8 Å². The monoisotopic (exact) mass is 394 g/mol. The number of aliphatic carboxylic acids is 1. The van der Waals surface area contributed by atoms with Crippen molar-refractivity contribution in [1.29, 1.82) is 0 Å². The first-order chi connectivity index (χ1) is 12.3. The lowest BCUT2D eigenvalue weighted by molar-refractivity contribution is -0.143. The van der Waals surface area contributed by atoms with Crippen LogP contribution in [0.1, 0.15) is 50.7 Å². The fourth-order valence-electron chi connectivity index (χ4n) is 3.46. The molecule has 2 aromatic rings. The summed E-state index contributed by atoms with van der Waals surface area (Å²) in [6.07, 6.45) is 3.06.